The highest BCUT2D eigenvalue weighted by molar-refractivity contribution is 5.05. The summed E-state index contributed by atoms with van der Waals surface area (Å²) in [4.78, 5) is 0. The van der Waals surface area contributed by atoms with Gasteiger partial charge in [-0.05, 0) is 11.8 Å². The van der Waals surface area contributed by atoms with Gasteiger partial charge < -0.3 is 23.7 Å². The second-order valence-corrected chi connectivity index (χ2v) is 4.86. The molecule has 2 bridgehead atoms. The number of hydrogen-bond donors (Lipinski definition) is 0. The lowest BCUT2D eigenvalue weighted by molar-refractivity contribution is -0.167. The van der Waals surface area contributed by atoms with E-state index in [0.717, 1.165) is 0 Å². The van der Waals surface area contributed by atoms with E-state index in [1.54, 1.807) is 14.2 Å². The molecule has 0 radical (unpaired) electrons. The summed E-state index contributed by atoms with van der Waals surface area (Å²) in [5.41, 5.74) is 0. The van der Waals surface area contributed by atoms with Gasteiger partial charge in [0.15, 0.2) is 0 Å². The van der Waals surface area contributed by atoms with E-state index in [-0.39, 0.29) is 38.0 Å². The fourth-order valence-electron chi connectivity index (χ4n) is 2.83. The maximum absolute atomic E-state index is 5.96. The molecule has 2 aliphatic rings. The van der Waals surface area contributed by atoms with Crippen LogP contribution in [-0.2, 0) is 23.7 Å². The molecule has 2 rings (SSSR count). The van der Waals surface area contributed by atoms with Crippen LogP contribution < -0.4 is 0 Å². The zero-order chi connectivity index (χ0) is 12.4. The topological polar surface area (TPSA) is 46.2 Å². The molecule has 0 saturated carbocycles. The normalized spacial score (nSPS) is 44.5. The van der Waals surface area contributed by atoms with E-state index in [4.69, 9.17) is 23.7 Å². The summed E-state index contributed by atoms with van der Waals surface area (Å²) in [5, 5.41) is 0. The Balaban J connectivity index is 2.00. The van der Waals surface area contributed by atoms with E-state index in [1.165, 1.54) is 0 Å². The summed E-state index contributed by atoms with van der Waals surface area (Å²) in [7, 11) is 3.23. The van der Waals surface area contributed by atoms with Gasteiger partial charge in [0, 0.05) is 14.2 Å². The highest BCUT2D eigenvalue weighted by Gasteiger charge is 2.58. The molecule has 0 N–H and O–H groups in total. The third-order valence-electron chi connectivity index (χ3n) is 3.91. The van der Waals surface area contributed by atoms with Crippen molar-refractivity contribution in [2.75, 3.05) is 27.8 Å². The first-order valence-electron chi connectivity index (χ1n) is 6.07. The first-order valence-corrected chi connectivity index (χ1v) is 6.07. The van der Waals surface area contributed by atoms with Crippen molar-refractivity contribution in [3.8, 4) is 0 Å². The molecule has 0 aromatic carbocycles. The van der Waals surface area contributed by atoms with Gasteiger partial charge in [-0.2, -0.15) is 0 Å². The Labute approximate surface area is 102 Å². The van der Waals surface area contributed by atoms with Crippen molar-refractivity contribution < 1.29 is 23.7 Å². The summed E-state index contributed by atoms with van der Waals surface area (Å²) in [6, 6.07) is 0. The molecular weight excluding hydrogens is 224 g/mol. The lowest BCUT2D eigenvalue weighted by atomic mass is 9.78. The Morgan fingerprint density at radius 2 is 1.24 bits per heavy atom. The Kier molecular flexibility index (Phi) is 4.38. The van der Waals surface area contributed by atoms with Crippen LogP contribution in [0.5, 0.6) is 0 Å². The molecule has 0 aliphatic carbocycles. The highest BCUT2D eigenvalue weighted by Crippen LogP contribution is 2.45. The van der Waals surface area contributed by atoms with E-state index in [0.29, 0.717) is 11.8 Å². The maximum Gasteiger partial charge on any atom is 0.146 e. The molecule has 17 heavy (non-hydrogen) atoms. The van der Waals surface area contributed by atoms with E-state index in [1.807, 2.05) is 0 Å². The molecule has 0 amide bonds. The van der Waals surface area contributed by atoms with Crippen LogP contribution >= 0.6 is 0 Å². The standard InChI is InChI=1S/C12H22O5/c1-7-8(2)10-12(16-6-14-4)11(9(7)17-10)15-5-13-3/h7-12H,5-6H2,1-4H3. The van der Waals surface area contributed by atoms with E-state index in [2.05, 4.69) is 13.8 Å². The van der Waals surface area contributed by atoms with E-state index >= 15 is 0 Å². The van der Waals surface area contributed by atoms with Gasteiger partial charge in [0.25, 0.3) is 0 Å². The average molecular weight is 246 g/mol. The Morgan fingerprint density at radius 3 is 1.59 bits per heavy atom. The van der Waals surface area contributed by atoms with Crippen LogP contribution in [0.25, 0.3) is 0 Å². The van der Waals surface area contributed by atoms with Gasteiger partial charge in [-0.3, -0.25) is 0 Å². The molecule has 2 aliphatic heterocycles. The lowest BCUT2D eigenvalue weighted by Crippen LogP contribution is -2.48. The Bertz CT molecular complexity index is 223. The maximum atomic E-state index is 5.96. The van der Waals surface area contributed by atoms with Crippen LogP contribution in [0.15, 0.2) is 0 Å². The lowest BCUT2D eigenvalue weighted by Gasteiger charge is -2.34. The average Bonchev–Trinajstić information content (AvgIpc) is 2.82. The van der Waals surface area contributed by atoms with Gasteiger partial charge in [-0.25, -0.2) is 0 Å². The van der Waals surface area contributed by atoms with Gasteiger partial charge in [0.1, 0.15) is 25.8 Å². The van der Waals surface area contributed by atoms with Gasteiger partial charge in [0.2, 0.25) is 0 Å². The van der Waals surface area contributed by atoms with Crippen molar-refractivity contribution in [1.29, 1.82) is 0 Å². The monoisotopic (exact) mass is 246 g/mol. The van der Waals surface area contributed by atoms with Crippen LogP contribution in [0.3, 0.4) is 0 Å². The fraction of sp³-hybridized carbons (Fsp3) is 1.00. The fourth-order valence-corrected chi connectivity index (χ4v) is 2.83. The molecule has 0 aromatic rings. The summed E-state index contributed by atoms with van der Waals surface area (Å²) in [6.07, 6.45) is 0.0987. The molecule has 100 valence electrons. The number of fused-ring (bicyclic) bond motifs is 2. The second kappa shape index (κ2) is 5.63. The Hall–Kier alpha value is -0.200. The smallest absolute Gasteiger partial charge is 0.146 e. The molecule has 6 unspecified atom stereocenters. The Morgan fingerprint density at radius 1 is 0.824 bits per heavy atom. The molecule has 2 heterocycles. The first-order chi connectivity index (χ1) is 8.20. The van der Waals surface area contributed by atoms with Gasteiger partial charge in [-0.15, -0.1) is 0 Å². The second-order valence-electron chi connectivity index (χ2n) is 4.86. The minimum absolute atomic E-state index is 0.0544. The molecule has 2 saturated heterocycles. The van der Waals surface area contributed by atoms with Crippen molar-refractivity contribution in [2.45, 2.75) is 38.3 Å². The van der Waals surface area contributed by atoms with Crippen molar-refractivity contribution in [3.63, 3.8) is 0 Å². The molecule has 2 fully saturated rings. The number of rotatable bonds is 6. The van der Waals surface area contributed by atoms with Gasteiger partial charge >= 0.3 is 0 Å². The molecule has 0 aromatic heterocycles. The number of ether oxygens (including phenoxy) is 5. The molecule has 5 nitrogen and oxygen atoms in total. The van der Waals surface area contributed by atoms with Gasteiger partial charge in [-0.1, -0.05) is 13.8 Å². The third-order valence-corrected chi connectivity index (χ3v) is 3.91. The predicted octanol–water partition coefficient (Wildman–Crippen LogP) is 1.02. The summed E-state index contributed by atoms with van der Waals surface area (Å²) < 4.78 is 27.3. The van der Waals surface area contributed by atoms with E-state index < -0.39 is 0 Å². The molecular formula is C12H22O5. The zero-order valence-corrected chi connectivity index (χ0v) is 10.9. The van der Waals surface area contributed by atoms with Crippen LogP contribution in [0.1, 0.15) is 13.8 Å². The van der Waals surface area contributed by atoms with Crippen LogP contribution in [0.4, 0.5) is 0 Å². The van der Waals surface area contributed by atoms with Crippen molar-refractivity contribution in [1.82, 2.24) is 0 Å². The first kappa shape index (κ1) is 13.2. The molecule has 0 spiro atoms. The van der Waals surface area contributed by atoms with Gasteiger partial charge in [0.05, 0.1) is 12.2 Å². The quantitative estimate of drug-likeness (QED) is 0.655. The zero-order valence-electron chi connectivity index (χ0n) is 10.9. The van der Waals surface area contributed by atoms with E-state index in [9.17, 15) is 0 Å². The number of methoxy groups -OCH3 is 2. The van der Waals surface area contributed by atoms with Crippen molar-refractivity contribution in [3.05, 3.63) is 0 Å². The van der Waals surface area contributed by atoms with Crippen molar-refractivity contribution in [2.24, 2.45) is 11.8 Å². The predicted molar refractivity (Wildman–Crippen MR) is 60.5 cm³/mol. The molecule has 5 heteroatoms. The largest absolute Gasteiger partial charge is 0.369 e. The minimum Gasteiger partial charge on any atom is -0.369 e. The number of hydrogen-bond acceptors (Lipinski definition) is 5. The van der Waals surface area contributed by atoms with Crippen LogP contribution in [0, 0.1) is 11.8 Å². The minimum atomic E-state index is -0.0544. The third kappa shape index (κ3) is 2.35. The SMILES string of the molecule is COCOC1C2OC(C(C)C2C)C1OCOC. The summed E-state index contributed by atoms with van der Waals surface area (Å²) in [6.45, 7) is 4.94. The van der Waals surface area contributed by atoms with Crippen LogP contribution in [-0.4, -0.2) is 52.2 Å². The van der Waals surface area contributed by atoms with Crippen molar-refractivity contribution >= 4 is 0 Å². The summed E-state index contributed by atoms with van der Waals surface area (Å²) >= 11 is 0. The molecule has 6 atom stereocenters. The highest BCUT2D eigenvalue weighted by atomic mass is 16.7. The summed E-state index contributed by atoms with van der Waals surface area (Å²) in [5.74, 6) is 0.980. The van der Waals surface area contributed by atoms with Crippen LogP contribution in [0.2, 0.25) is 0 Å².